The molecule has 10 nitrogen and oxygen atoms in total. The fourth-order valence-corrected chi connectivity index (χ4v) is 5.10. The van der Waals surface area contributed by atoms with Crippen LogP contribution < -0.4 is 45.2 Å². The number of nitrogens with one attached hydrogen (secondary N) is 1. The largest absolute Gasteiger partial charge is 1.00 e. The van der Waals surface area contributed by atoms with Crippen LogP contribution in [0.2, 0.25) is 0 Å². The van der Waals surface area contributed by atoms with E-state index in [4.69, 9.17) is 23.3 Å². The molecular formula is C28H19N4NaO6S2. The molecule has 3 N–H and O–H groups in total. The van der Waals surface area contributed by atoms with E-state index in [-0.39, 0.29) is 35.2 Å². The number of hydrogen-bond acceptors (Lipinski definition) is 9. The van der Waals surface area contributed by atoms with E-state index in [0.29, 0.717) is 16.6 Å². The van der Waals surface area contributed by atoms with Crippen molar-refractivity contribution in [2.24, 2.45) is 0 Å². The molecule has 0 unspecified atom stereocenters. The minimum Gasteiger partial charge on any atom is -0.744 e. The third kappa shape index (κ3) is 6.38. The summed E-state index contributed by atoms with van der Waals surface area (Å²) in [6.07, 6.45) is 0. The summed E-state index contributed by atoms with van der Waals surface area (Å²) >= 11 is 0. The summed E-state index contributed by atoms with van der Waals surface area (Å²) in [5, 5.41) is 5.14. The van der Waals surface area contributed by atoms with E-state index in [9.17, 15) is 13.0 Å². The molecule has 0 atom stereocenters. The quantitative estimate of drug-likeness (QED) is 0.0573. The number of rotatable bonds is 4. The summed E-state index contributed by atoms with van der Waals surface area (Å²) < 4.78 is 62.9. The maximum absolute atomic E-state index is 11.9. The molecule has 0 radical (unpaired) electrons. The molecule has 0 saturated carbocycles. The maximum atomic E-state index is 11.9. The van der Waals surface area contributed by atoms with Crippen LogP contribution in [0.15, 0.2) is 102 Å². The van der Waals surface area contributed by atoms with E-state index in [2.05, 4.69) is 11.4 Å². The van der Waals surface area contributed by atoms with Gasteiger partial charge in [0, 0.05) is 23.9 Å². The summed E-state index contributed by atoms with van der Waals surface area (Å²) in [7, 11) is -7.89. The van der Waals surface area contributed by atoms with E-state index in [1.807, 2.05) is 89.5 Å². The van der Waals surface area contributed by atoms with Gasteiger partial charge >= 0.3 is 40.2 Å². The minimum absolute atomic E-state index is 0. The first-order chi connectivity index (χ1) is 19.1. The average Bonchev–Trinajstić information content (AvgIpc) is 2.92. The number of aromatic nitrogens is 2. The molecule has 6 aromatic rings. The molecule has 0 fully saturated rings. The Morgan fingerprint density at radius 3 is 2.15 bits per heavy atom. The second kappa shape index (κ2) is 12.3. The first-order valence-electron chi connectivity index (χ1n) is 11.7. The van der Waals surface area contributed by atoms with Crippen molar-refractivity contribution in [3.05, 3.63) is 103 Å². The molecule has 6 rings (SSSR count). The van der Waals surface area contributed by atoms with Crippen molar-refractivity contribution in [1.29, 1.82) is 0 Å². The summed E-state index contributed by atoms with van der Waals surface area (Å²) in [6, 6.07) is 33.2. The van der Waals surface area contributed by atoms with Crippen molar-refractivity contribution in [3.8, 4) is 5.69 Å². The number of nitrogens with zero attached hydrogens (tertiary/aromatic N) is 2. The molecular weight excluding hydrogens is 575 g/mol. The average molecular weight is 595 g/mol. The Bertz CT molecular complexity index is 2120. The van der Waals surface area contributed by atoms with Crippen LogP contribution in [0, 0.1) is 6.07 Å². The van der Waals surface area contributed by atoms with Gasteiger partial charge in [0.15, 0.2) is 0 Å². The topological polar surface area (TPSA) is 163 Å². The van der Waals surface area contributed by atoms with Gasteiger partial charge in [0.25, 0.3) is 0 Å². The molecule has 0 saturated heterocycles. The van der Waals surface area contributed by atoms with Crippen LogP contribution in [-0.4, -0.2) is 30.6 Å². The van der Waals surface area contributed by atoms with E-state index in [1.165, 1.54) is 12.1 Å². The van der Waals surface area contributed by atoms with Gasteiger partial charge in [-0.25, -0.2) is 13.4 Å². The van der Waals surface area contributed by atoms with Crippen LogP contribution in [0.25, 0.3) is 38.5 Å². The number of hydrogen-bond donors (Lipinski definition) is 2. The van der Waals surface area contributed by atoms with Crippen molar-refractivity contribution in [2.45, 2.75) is 4.90 Å². The van der Waals surface area contributed by atoms with Gasteiger partial charge < -0.3 is 15.6 Å². The predicted molar refractivity (Wildman–Crippen MR) is 149 cm³/mol. The monoisotopic (exact) mass is 594 g/mol. The molecule has 0 aliphatic carbocycles. The molecule has 5 aromatic carbocycles. The predicted octanol–water partition coefficient (Wildman–Crippen LogP) is 0.848. The summed E-state index contributed by atoms with van der Waals surface area (Å²) in [5.74, 6) is 0. The zero-order valence-corrected chi connectivity index (χ0v) is 25.1. The number of fused-ring (bicyclic) bond motifs is 4. The van der Waals surface area contributed by atoms with Gasteiger partial charge in [-0.05, 0) is 30.0 Å². The Labute approximate surface area is 258 Å². The van der Waals surface area contributed by atoms with Crippen LogP contribution in [0.3, 0.4) is 0 Å². The smallest absolute Gasteiger partial charge is 0.744 e. The van der Waals surface area contributed by atoms with Crippen molar-refractivity contribution >= 4 is 70.6 Å². The molecule has 1 aromatic heterocycles. The Kier molecular flexibility index (Phi) is 9.02. The van der Waals surface area contributed by atoms with Crippen LogP contribution in [0.5, 0.6) is 0 Å². The Morgan fingerprint density at radius 1 is 0.878 bits per heavy atom. The molecule has 0 aliphatic heterocycles. The number of nitrogens with two attached hydrogens (primary N) is 1. The van der Waals surface area contributed by atoms with Crippen molar-refractivity contribution in [2.75, 3.05) is 11.1 Å². The zero-order valence-electron chi connectivity index (χ0n) is 21.5. The van der Waals surface area contributed by atoms with E-state index >= 15 is 0 Å². The molecule has 1 heterocycles. The van der Waals surface area contributed by atoms with Crippen LogP contribution >= 0.6 is 0 Å². The molecule has 13 heteroatoms. The second-order valence-electron chi connectivity index (χ2n) is 8.56. The Morgan fingerprint density at radius 2 is 1.51 bits per heavy atom. The molecule has 0 aliphatic rings. The molecule has 0 amide bonds. The molecule has 0 spiro atoms. The number of benzene rings is 5. The number of para-hydroxylation sites is 2. The normalized spacial score (nSPS) is 11.0. The maximum Gasteiger partial charge on any atom is 1.00 e. The molecule has 0 bridgehead atoms. The van der Waals surface area contributed by atoms with Gasteiger partial charge in [0.1, 0.15) is 21.2 Å². The molecule has 41 heavy (non-hydrogen) atoms. The van der Waals surface area contributed by atoms with Crippen LogP contribution in [0.4, 0.5) is 17.1 Å². The van der Waals surface area contributed by atoms with E-state index in [0.717, 1.165) is 33.4 Å². The van der Waals surface area contributed by atoms with Crippen LogP contribution in [0.1, 0.15) is 0 Å². The first-order valence-corrected chi connectivity index (χ1v) is 14.1. The number of anilines is 3. The zero-order chi connectivity index (χ0) is 28.4. The summed E-state index contributed by atoms with van der Waals surface area (Å²) in [4.78, 5) is 4.34. The number of nitrogen functional groups attached to an aromatic ring is 1. The molecule has 200 valence electrons. The van der Waals surface area contributed by atoms with Gasteiger partial charge in [-0.15, -0.1) is 42.3 Å². The summed E-state index contributed by atoms with van der Waals surface area (Å²) in [6.45, 7) is 0. The van der Waals surface area contributed by atoms with Crippen molar-refractivity contribution in [3.63, 3.8) is 0 Å². The third-order valence-corrected chi connectivity index (χ3v) is 6.95. The SMILES string of the molecule is Nc1cc2c(cc1S(=O)(=O)[O-])nc1c3ccc[c-]c3c(Nc3ccccc3)cc1[n+]2-c1ccccc1.O=S(=O)=O.[Na+]. The van der Waals surface area contributed by atoms with E-state index < -0.39 is 25.6 Å². The van der Waals surface area contributed by atoms with Crippen LogP contribution in [-0.2, 0) is 20.7 Å². The third-order valence-electron chi connectivity index (χ3n) is 6.06. The van der Waals surface area contributed by atoms with Crippen molar-refractivity contribution < 1.29 is 59.7 Å². The Hall–Kier alpha value is -3.91. The van der Waals surface area contributed by atoms with Crippen molar-refractivity contribution in [1.82, 2.24) is 4.98 Å². The van der Waals surface area contributed by atoms with E-state index in [1.54, 1.807) is 0 Å². The fraction of sp³-hybridized carbons (Fsp3) is 0. The van der Waals surface area contributed by atoms with Gasteiger partial charge in [0.05, 0.1) is 10.6 Å². The van der Waals surface area contributed by atoms with Gasteiger partial charge in [0.2, 0.25) is 16.7 Å². The van der Waals surface area contributed by atoms with Gasteiger partial charge in [-0.3, -0.25) is 0 Å². The standard InChI is InChI=1S/C28H19N4O3S.Na.O3S/c29-22-15-25-24(17-27(22)36(33,34)35)31-28-21-14-8-7-13-20(21)23(30-18-9-3-1-4-10-18)16-26(28)32(25)19-11-5-2-6-12-19;;1-4(2)3/h1-12,14-17H,(H3,29,30,33,34,35);;/q-1;+1;. The Balaban J connectivity index is 0.000000729. The first kappa shape index (κ1) is 30.1. The van der Waals surface area contributed by atoms with Gasteiger partial charge in [-0.2, -0.15) is 4.57 Å². The second-order valence-corrected chi connectivity index (χ2v) is 10.3. The fourth-order valence-electron chi connectivity index (χ4n) is 4.50. The van der Waals surface area contributed by atoms with Gasteiger partial charge in [-0.1, -0.05) is 41.8 Å². The minimum atomic E-state index is -4.78. The summed E-state index contributed by atoms with van der Waals surface area (Å²) in [5.41, 5.74) is 10.8.